The molecule has 0 aliphatic rings. The van der Waals surface area contributed by atoms with Crippen LogP contribution in [0.3, 0.4) is 0 Å². The van der Waals surface area contributed by atoms with E-state index in [4.69, 9.17) is 0 Å². The summed E-state index contributed by atoms with van der Waals surface area (Å²) < 4.78 is 0. The molecule has 3 aromatic rings. The van der Waals surface area contributed by atoms with Crippen molar-refractivity contribution in [3.05, 3.63) is 107 Å². The van der Waals surface area contributed by atoms with Crippen LogP contribution in [-0.2, 0) is 17.6 Å². The first kappa shape index (κ1) is 20.3. The van der Waals surface area contributed by atoms with E-state index in [-0.39, 0.29) is 12.3 Å². The molecule has 148 valence electrons. The van der Waals surface area contributed by atoms with Crippen LogP contribution in [0.15, 0.2) is 84.9 Å². The summed E-state index contributed by atoms with van der Waals surface area (Å²) in [7, 11) is 0. The summed E-state index contributed by atoms with van der Waals surface area (Å²) in [6.07, 6.45) is 1.12. The van der Waals surface area contributed by atoms with E-state index in [9.17, 15) is 14.7 Å². The van der Waals surface area contributed by atoms with Gasteiger partial charge in [0, 0.05) is 12.0 Å². The summed E-state index contributed by atoms with van der Waals surface area (Å²) in [5.41, 5.74) is 3.74. The van der Waals surface area contributed by atoms with Gasteiger partial charge < -0.3 is 10.4 Å². The minimum atomic E-state index is -1.05. The van der Waals surface area contributed by atoms with Gasteiger partial charge in [0.25, 0.3) is 5.91 Å². The second-order valence-electron chi connectivity index (χ2n) is 7.27. The van der Waals surface area contributed by atoms with E-state index in [2.05, 4.69) is 24.4 Å². The maximum atomic E-state index is 12.5. The molecule has 0 aromatic heterocycles. The molecule has 0 aliphatic carbocycles. The van der Waals surface area contributed by atoms with Crippen LogP contribution in [0, 0.1) is 0 Å². The minimum absolute atomic E-state index is 0.245. The summed E-state index contributed by atoms with van der Waals surface area (Å²) in [4.78, 5) is 24.1. The van der Waals surface area contributed by atoms with Crippen molar-refractivity contribution in [3.63, 3.8) is 0 Å². The molecule has 3 rings (SSSR count). The summed E-state index contributed by atoms with van der Waals surface area (Å²) in [6, 6.07) is 26.0. The number of rotatable bonds is 8. The zero-order valence-electron chi connectivity index (χ0n) is 16.4. The molecule has 0 saturated carbocycles. The number of carboxylic acid groups (broad SMARTS) is 1. The third-order valence-electron chi connectivity index (χ3n) is 5.01. The van der Waals surface area contributed by atoms with Crippen LogP contribution >= 0.6 is 0 Å². The van der Waals surface area contributed by atoms with Crippen molar-refractivity contribution in [1.82, 2.24) is 5.32 Å². The number of benzene rings is 3. The minimum Gasteiger partial charge on any atom is -0.480 e. The fraction of sp³-hybridized carbons (Fsp3) is 0.200. The standard InChI is InChI=1S/C25H25NO3/c1-18(21-10-6-3-7-11-21)16-20-12-14-22(15-13-20)24(27)26-23(25(28)29)17-19-8-4-2-5-9-19/h2-15,18,23H,16-17H2,1H3,(H,26,27)(H,28,29)/t18?,23-/m0/s1. The van der Waals surface area contributed by atoms with Gasteiger partial charge in [-0.3, -0.25) is 4.79 Å². The molecule has 0 fully saturated rings. The first-order chi connectivity index (χ1) is 14.0. The molecule has 2 N–H and O–H groups in total. The number of amides is 1. The molecule has 4 nitrogen and oxygen atoms in total. The molecule has 0 heterocycles. The summed E-state index contributed by atoms with van der Waals surface area (Å²) in [6.45, 7) is 2.18. The Bertz CT molecular complexity index is 937. The normalized spacial score (nSPS) is 12.7. The number of carbonyl (C=O) groups is 2. The maximum absolute atomic E-state index is 12.5. The zero-order chi connectivity index (χ0) is 20.6. The van der Waals surface area contributed by atoms with E-state index < -0.39 is 12.0 Å². The van der Waals surface area contributed by atoms with Crippen molar-refractivity contribution in [3.8, 4) is 0 Å². The van der Waals surface area contributed by atoms with Gasteiger partial charge in [0.1, 0.15) is 6.04 Å². The largest absolute Gasteiger partial charge is 0.480 e. The van der Waals surface area contributed by atoms with Crippen LogP contribution in [-0.4, -0.2) is 23.0 Å². The highest BCUT2D eigenvalue weighted by atomic mass is 16.4. The third kappa shape index (κ3) is 5.79. The number of hydrogen-bond donors (Lipinski definition) is 2. The molecule has 0 bridgehead atoms. The van der Waals surface area contributed by atoms with Crippen molar-refractivity contribution in [2.45, 2.75) is 31.7 Å². The summed E-state index contributed by atoms with van der Waals surface area (Å²) in [5, 5.41) is 12.1. The maximum Gasteiger partial charge on any atom is 0.326 e. The lowest BCUT2D eigenvalue weighted by molar-refractivity contribution is -0.139. The Labute approximate surface area is 171 Å². The molecule has 1 amide bonds. The predicted molar refractivity (Wildman–Crippen MR) is 114 cm³/mol. The van der Waals surface area contributed by atoms with Crippen molar-refractivity contribution < 1.29 is 14.7 Å². The van der Waals surface area contributed by atoms with E-state index in [1.807, 2.05) is 60.7 Å². The van der Waals surface area contributed by atoms with Gasteiger partial charge in [-0.05, 0) is 41.2 Å². The smallest absolute Gasteiger partial charge is 0.326 e. The molecular weight excluding hydrogens is 362 g/mol. The second kappa shape index (κ2) is 9.69. The lowest BCUT2D eigenvalue weighted by atomic mass is 9.93. The van der Waals surface area contributed by atoms with Gasteiger partial charge in [-0.15, -0.1) is 0 Å². The third-order valence-corrected chi connectivity index (χ3v) is 5.01. The lowest BCUT2D eigenvalue weighted by Gasteiger charge is -2.15. The fourth-order valence-electron chi connectivity index (χ4n) is 3.34. The average Bonchev–Trinajstić information content (AvgIpc) is 2.75. The number of aliphatic carboxylic acids is 1. The molecule has 4 heteroatoms. The van der Waals surface area contributed by atoms with Crippen LogP contribution in [0.5, 0.6) is 0 Å². The van der Waals surface area contributed by atoms with Crippen LogP contribution in [0.1, 0.15) is 39.9 Å². The predicted octanol–water partition coefficient (Wildman–Crippen LogP) is 4.46. The van der Waals surface area contributed by atoms with Crippen molar-refractivity contribution >= 4 is 11.9 Å². The van der Waals surface area contributed by atoms with Gasteiger partial charge in [-0.2, -0.15) is 0 Å². The molecular formula is C25H25NO3. The number of hydrogen-bond acceptors (Lipinski definition) is 2. The Morgan fingerprint density at radius 3 is 1.93 bits per heavy atom. The summed E-state index contributed by atoms with van der Waals surface area (Å²) >= 11 is 0. The van der Waals surface area contributed by atoms with E-state index in [0.717, 1.165) is 17.5 Å². The van der Waals surface area contributed by atoms with Gasteiger partial charge in [-0.1, -0.05) is 79.7 Å². The molecule has 29 heavy (non-hydrogen) atoms. The highest BCUT2D eigenvalue weighted by Gasteiger charge is 2.21. The van der Waals surface area contributed by atoms with Gasteiger partial charge in [-0.25, -0.2) is 4.79 Å². The molecule has 0 saturated heterocycles. The van der Waals surface area contributed by atoms with E-state index in [0.29, 0.717) is 11.5 Å². The van der Waals surface area contributed by atoms with Crippen LogP contribution < -0.4 is 5.32 Å². The fourth-order valence-corrected chi connectivity index (χ4v) is 3.34. The van der Waals surface area contributed by atoms with E-state index >= 15 is 0 Å². The Hall–Kier alpha value is -3.40. The van der Waals surface area contributed by atoms with Crippen molar-refractivity contribution in [2.24, 2.45) is 0 Å². The monoisotopic (exact) mass is 387 g/mol. The topological polar surface area (TPSA) is 66.4 Å². The molecule has 3 aromatic carbocycles. The van der Waals surface area contributed by atoms with E-state index in [1.165, 1.54) is 5.56 Å². The first-order valence-electron chi connectivity index (χ1n) is 9.74. The lowest BCUT2D eigenvalue weighted by Crippen LogP contribution is -2.42. The molecule has 0 spiro atoms. The molecule has 1 unspecified atom stereocenters. The van der Waals surface area contributed by atoms with Crippen LogP contribution in [0.25, 0.3) is 0 Å². The van der Waals surface area contributed by atoms with Crippen LogP contribution in [0.4, 0.5) is 0 Å². The Morgan fingerprint density at radius 1 is 0.793 bits per heavy atom. The van der Waals surface area contributed by atoms with Crippen molar-refractivity contribution in [1.29, 1.82) is 0 Å². The van der Waals surface area contributed by atoms with Gasteiger partial charge in [0.2, 0.25) is 0 Å². The van der Waals surface area contributed by atoms with Gasteiger partial charge >= 0.3 is 5.97 Å². The van der Waals surface area contributed by atoms with E-state index in [1.54, 1.807) is 12.1 Å². The number of carboxylic acids is 1. The Morgan fingerprint density at radius 2 is 1.34 bits per heavy atom. The average molecular weight is 387 g/mol. The van der Waals surface area contributed by atoms with Gasteiger partial charge in [0.05, 0.1) is 0 Å². The zero-order valence-corrected chi connectivity index (χ0v) is 16.4. The highest BCUT2D eigenvalue weighted by Crippen LogP contribution is 2.20. The molecule has 0 radical (unpaired) electrons. The molecule has 0 aliphatic heterocycles. The second-order valence-corrected chi connectivity index (χ2v) is 7.27. The number of carbonyl (C=O) groups excluding carboxylic acids is 1. The van der Waals surface area contributed by atoms with Gasteiger partial charge in [0.15, 0.2) is 0 Å². The van der Waals surface area contributed by atoms with Crippen LogP contribution in [0.2, 0.25) is 0 Å². The Kier molecular flexibility index (Phi) is 6.80. The molecule has 2 atom stereocenters. The number of nitrogens with one attached hydrogen (secondary N) is 1. The highest BCUT2D eigenvalue weighted by molar-refractivity contribution is 5.96. The Balaban J connectivity index is 1.62. The first-order valence-corrected chi connectivity index (χ1v) is 9.74. The van der Waals surface area contributed by atoms with Crippen molar-refractivity contribution in [2.75, 3.05) is 0 Å². The summed E-state index contributed by atoms with van der Waals surface area (Å²) in [5.74, 6) is -1.05. The SMILES string of the molecule is CC(Cc1ccc(C(=O)N[C@@H](Cc2ccccc2)C(=O)O)cc1)c1ccccc1. The quantitative estimate of drug-likeness (QED) is 0.600.